The van der Waals surface area contributed by atoms with Crippen LogP contribution in [-0.4, -0.2) is 46.7 Å². The van der Waals surface area contributed by atoms with E-state index in [1.54, 1.807) is 4.90 Å². The number of nitrogens with zero attached hydrogens (tertiary/aromatic N) is 3. The molecule has 1 aliphatic heterocycles. The summed E-state index contributed by atoms with van der Waals surface area (Å²) in [6.07, 6.45) is 4.83. The number of rotatable bonds is 9. The molecule has 1 unspecified atom stereocenters. The standard InChI is InChI=1S/C31H36N4O5/c1-20(22-5-3-2-4-6-22)15-17-40-31-33-28(32)27-29(34-31)39-18-16-35(30(27)38)25-13-11-24(12-14-25)23-9-7-21(8-10-23)19-26(36)37/h2-6,11-14,20-21,23H,7-10,15-19H2,1H3,(H,36,37)(H2,32,33,34). The predicted octanol–water partition coefficient (Wildman–Crippen LogP) is 5.42. The number of hydrogen-bond acceptors (Lipinski definition) is 7. The molecule has 0 spiro atoms. The topological polar surface area (TPSA) is 128 Å². The third-order valence-electron chi connectivity index (χ3n) is 8.03. The summed E-state index contributed by atoms with van der Waals surface area (Å²) >= 11 is 0. The maximum Gasteiger partial charge on any atom is 0.321 e. The molecule has 1 aromatic heterocycles. The summed E-state index contributed by atoms with van der Waals surface area (Å²) in [6.45, 7) is 3.15. The van der Waals surface area contributed by atoms with Crippen LogP contribution >= 0.6 is 0 Å². The first-order valence-corrected chi connectivity index (χ1v) is 14.0. The van der Waals surface area contributed by atoms with Crippen LogP contribution in [0.3, 0.4) is 0 Å². The maximum absolute atomic E-state index is 13.5. The van der Waals surface area contributed by atoms with Crippen molar-refractivity contribution in [2.24, 2.45) is 5.92 Å². The van der Waals surface area contributed by atoms with Crippen LogP contribution in [0.5, 0.6) is 11.9 Å². The number of carboxylic acid groups (broad SMARTS) is 1. The second kappa shape index (κ2) is 12.4. The van der Waals surface area contributed by atoms with Gasteiger partial charge in [-0.25, -0.2) is 0 Å². The summed E-state index contributed by atoms with van der Waals surface area (Å²) in [5, 5.41) is 9.06. The van der Waals surface area contributed by atoms with Crippen LogP contribution in [0.25, 0.3) is 0 Å². The zero-order valence-corrected chi connectivity index (χ0v) is 22.8. The number of carboxylic acids is 1. The first-order chi connectivity index (χ1) is 19.4. The summed E-state index contributed by atoms with van der Waals surface area (Å²) < 4.78 is 11.6. The molecular formula is C31H36N4O5. The Morgan fingerprint density at radius 1 is 1.10 bits per heavy atom. The second-order valence-corrected chi connectivity index (χ2v) is 10.7. The van der Waals surface area contributed by atoms with Crippen LogP contribution in [0.2, 0.25) is 0 Å². The predicted molar refractivity (Wildman–Crippen MR) is 152 cm³/mol. The number of ether oxygens (including phenoxy) is 2. The van der Waals surface area contributed by atoms with Crippen LogP contribution in [0.15, 0.2) is 54.6 Å². The molecule has 1 aliphatic carbocycles. The monoisotopic (exact) mass is 544 g/mol. The van der Waals surface area contributed by atoms with Crippen molar-refractivity contribution in [3.8, 4) is 11.9 Å². The second-order valence-electron chi connectivity index (χ2n) is 10.7. The largest absolute Gasteiger partial charge is 0.481 e. The zero-order chi connectivity index (χ0) is 28.1. The number of aliphatic carboxylic acids is 1. The number of aromatic nitrogens is 2. The lowest BCUT2D eigenvalue weighted by Crippen LogP contribution is -2.32. The normalized spacial score (nSPS) is 19.7. The molecule has 3 aromatic rings. The Kier molecular flexibility index (Phi) is 8.48. The number of hydrogen-bond donors (Lipinski definition) is 2. The molecule has 1 fully saturated rings. The van der Waals surface area contributed by atoms with Crippen LogP contribution in [0.4, 0.5) is 11.5 Å². The summed E-state index contributed by atoms with van der Waals surface area (Å²) in [7, 11) is 0. The highest BCUT2D eigenvalue weighted by atomic mass is 16.5. The van der Waals surface area contributed by atoms with Crippen LogP contribution < -0.4 is 20.1 Å². The molecule has 3 N–H and O–H groups in total. The number of nitrogens with two attached hydrogens (primary N) is 1. The van der Waals surface area contributed by atoms with E-state index < -0.39 is 5.97 Å². The molecule has 40 heavy (non-hydrogen) atoms. The van der Waals surface area contributed by atoms with Crippen molar-refractivity contribution in [1.29, 1.82) is 0 Å². The fourth-order valence-corrected chi connectivity index (χ4v) is 5.67. The molecule has 9 nitrogen and oxygen atoms in total. The van der Waals surface area contributed by atoms with Crippen LogP contribution in [0, 0.1) is 5.92 Å². The van der Waals surface area contributed by atoms with Crippen molar-refractivity contribution in [3.05, 3.63) is 71.3 Å². The van der Waals surface area contributed by atoms with E-state index in [4.69, 9.17) is 20.3 Å². The minimum atomic E-state index is -0.719. The van der Waals surface area contributed by atoms with Crippen molar-refractivity contribution in [2.45, 2.75) is 57.3 Å². The fourth-order valence-electron chi connectivity index (χ4n) is 5.67. The molecule has 5 rings (SSSR count). The molecule has 2 heterocycles. The van der Waals surface area contributed by atoms with Gasteiger partial charge in [0.05, 0.1) is 13.2 Å². The molecule has 210 valence electrons. The van der Waals surface area contributed by atoms with E-state index in [1.165, 1.54) is 11.1 Å². The summed E-state index contributed by atoms with van der Waals surface area (Å²) in [6, 6.07) is 18.3. The number of amides is 1. The van der Waals surface area contributed by atoms with Gasteiger partial charge in [0.25, 0.3) is 5.91 Å². The van der Waals surface area contributed by atoms with Crippen LogP contribution in [-0.2, 0) is 4.79 Å². The average Bonchev–Trinajstić information content (AvgIpc) is 3.12. The summed E-state index contributed by atoms with van der Waals surface area (Å²) in [5.41, 5.74) is 9.57. The number of carbonyl (C=O) groups is 2. The lowest BCUT2D eigenvalue weighted by atomic mass is 9.77. The molecule has 1 amide bonds. The molecule has 0 saturated heterocycles. The average molecular weight is 545 g/mol. The van der Waals surface area contributed by atoms with E-state index >= 15 is 0 Å². The zero-order valence-electron chi connectivity index (χ0n) is 22.8. The molecule has 2 aromatic carbocycles. The van der Waals surface area contributed by atoms with Crippen molar-refractivity contribution in [2.75, 3.05) is 30.4 Å². The van der Waals surface area contributed by atoms with E-state index in [9.17, 15) is 9.59 Å². The van der Waals surface area contributed by atoms with Gasteiger partial charge >= 0.3 is 12.0 Å². The number of carbonyl (C=O) groups excluding carboxylic acids is 1. The highest BCUT2D eigenvalue weighted by molar-refractivity contribution is 6.10. The Balaban J connectivity index is 1.22. The smallest absolute Gasteiger partial charge is 0.321 e. The Hall–Kier alpha value is -4.14. The van der Waals surface area contributed by atoms with E-state index in [1.807, 2.05) is 30.3 Å². The van der Waals surface area contributed by atoms with E-state index in [-0.39, 0.29) is 48.1 Å². The number of fused-ring (bicyclic) bond motifs is 1. The highest BCUT2D eigenvalue weighted by Crippen LogP contribution is 2.38. The van der Waals surface area contributed by atoms with E-state index in [0.717, 1.165) is 37.8 Å². The molecule has 0 radical (unpaired) electrons. The number of nitrogen functional groups attached to an aromatic ring is 1. The molecule has 0 bridgehead atoms. The fraction of sp³-hybridized carbons (Fsp3) is 0.419. The first kappa shape index (κ1) is 27.4. The van der Waals surface area contributed by atoms with Gasteiger partial charge in [0, 0.05) is 12.1 Å². The van der Waals surface area contributed by atoms with Crippen LogP contribution in [0.1, 0.15) is 78.8 Å². The van der Waals surface area contributed by atoms with Crippen molar-refractivity contribution in [3.63, 3.8) is 0 Å². The Labute approximate surface area is 234 Å². The van der Waals surface area contributed by atoms with Gasteiger partial charge in [-0.05, 0) is 73.1 Å². The molecule has 1 saturated carbocycles. The van der Waals surface area contributed by atoms with Gasteiger partial charge in [-0.2, -0.15) is 9.97 Å². The van der Waals surface area contributed by atoms with E-state index in [2.05, 4.69) is 41.2 Å². The maximum atomic E-state index is 13.5. The highest BCUT2D eigenvalue weighted by Gasteiger charge is 2.30. The Morgan fingerprint density at radius 3 is 2.52 bits per heavy atom. The van der Waals surface area contributed by atoms with E-state index in [0.29, 0.717) is 25.0 Å². The summed E-state index contributed by atoms with van der Waals surface area (Å²) in [4.78, 5) is 34.8. The van der Waals surface area contributed by atoms with Gasteiger partial charge in [-0.15, -0.1) is 0 Å². The molecule has 9 heteroatoms. The van der Waals surface area contributed by atoms with Crippen molar-refractivity contribution >= 4 is 23.4 Å². The molecule has 2 aliphatic rings. The van der Waals surface area contributed by atoms with Gasteiger partial charge in [0.2, 0.25) is 5.88 Å². The van der Waals surface area contributed by atoms with Gasteiger partial charge in [0.1, 0.15) is 18.0 Å². The minimum absolute atomic E-state index is 0.0303. The van der Waals surface area contributed by atoms with Gasteiger partial charge in [-0.3, -0.25) is 9.59 Å². The Morgan fingerprint density at radius 2 is 1.82 bits per heavy atom. The lowest BCUT2D eigenvalue weighted by Gasteiger charge is -2.28. The van der Waals surface area contributed by atoms with Crippen molar-refractivity contribution < 1.29 is 24.2 Å². The third-order valence-corrected chi connectivity index (χ3v) is 8.03. The quantitative estimate of drug-likeness (QED) is 0.366. The first-order valence-electron chi connectivity index (χ1n) is 14.0. The molecule has 1 atom stereocenters. The lowest BCUT2D eigenvalue weighted by molar-refractivity contribution is -0.138. The summed E-state index contributed by atoms with van der Waals surface area (Å²) in [5.74, 6) is 0.119. The minimum Gasteiger partial charge on any atom is -0.481 e. The SMILES string of the molecule is CC(CCOc1nc(N)c2c(n1)OCCN(c1ccc(C3CCC(CC(=O)O)CC3)cc1)C2=O)c1ccccc1. The van der Waals surface area contributed by atoms with Gasteiger partial charge < -0.3 is 25.2 Å². The van der Waals surface area contributed by atoms with Crippen molar-refractivity contribution in [1.82, 2.24) is 9.97 Å². The van der Waals surface area contributed by atoms with Gasteiger partial charge in [-0.1, -0.05) is 49.4 Å². The third kappa shape index (κ3) is 6.35. The molecular weight excluding hydrogens is 508 g/mol. The number of anilines is 2. The van der Waals surface area contributed by atoms with Gasteiger partial charge in [0.15, 0.2) is 0 Å². The number of benzene rings is 2. The Bertz CT molecular complexity index is 1320.